The minimum absolute atomic E-state index is 0.323. The van der Waals surface area contributed by atoms with Gasteiger partial charge < -0.3 is 10.1 Å². The third-order valence-corrected chi connectivity index (χ3v) is 7.22. The molecule has 5 rings (SSSR count). The highest BCUT2D eigenvalue weighted by atomic mass is 16.5. The van der Waals surface area contributed by atoms with Crippen LogP contribution in [0.3, 0.4) is 0 Å². The maximum atomic E-state index is 13.8. The predicted octanol–water partition coefficient (Wildman–Crippen LogP) is 5.98. The van der Waals surface area contributed by atoms with Gasteiger partial charge in [0, 0.05) is 48.4 Å². The summed E-state index contributed by atoms with van der Waals surface area (Å²) in [6.45, 7) is 8.00. The van der Waals surface area contributed by atoms with Crippen LogP contribution in [0.1, 0.15) is 51.7 Å². The molecule has 1 aliphatic rings. The van der Waals surface area contributed by atoms with Crippen molar-refractivity contribution in [2.24, 2.45) is 0 Å². The molecule has 3 aromatic carbocycles. The summed E-state index contributed by atoms with van der Waals surface area (Å²) in [6, 6.07) is 23.8. The van der Waals surface area contributed by atoms with E-state index < -0.39 is 12.1 Å². The Morgan fingerprint density at radius 3 is 2.42 bits per heavy atom. The number of hydrogen-bond donors (Lipinski definition) is 1. The fourth-order valence-electron chi connectivity index (χ4n) is 5.18. The molecule has 1 N–H and O–H groups in total. The van der Waals surface area contributed by atoms with E-state index in [2.05, 4.69) is 22.3 Å². The van der Waals surface area contributed by atoms with Gasteiger partial charge in [0.05, 0.1) is 11.1 Å². The van der Waals surface area contributed by atoms with Crippen molar-refractivity contribution in [3.8, 4) is 0 Å². The first-order valence-electron chi connectivity index (χ1n) is 13.2. The van der Waals surface area contributed by atoms with E-state index in [-0.39, 0.29) is 5.91 Å². The summed E-state index contributed by atoms with van der Waals surface area (Å²) in [6.07, 6.45) is 0.207. The monoisotopic (exact) mass is 507 g/mol. The molecule has 1 aromatic heterocycles. The van der Waals surface area contributed by atoms with Crippen molar-refractivity contribution in [2.45, 2.75) is 52.8 Å². The van der Waals surface area contributed by atoms with Gasteiger partial charge in [0.25, 0.3) is 5.91 Å². The maximum Gasteiger partial charge on any atom is 0.340 e. The lowest BCUT2D eigenvalue weighted by molar-refractivity contribution is -0.124. The number of nitrogens with one attached hydrogen (secondary N) is 1. The maximum absolute atomic E-state index is 13.8. The number of nitrogens with zero attached hydrogens (tertiary/aromatic N) is 2. The van der Waals surface area contributed by atoms with Gasteiger partial charge >= 0.3 is 5.97 Å². The van der Waals surface area contributed by atoms with Gasteiger partial charge in [-0.25, -0.2) is 4.79 Å². The number of pyridine rings is 1. The van der Waals surface area contributed by atoms with Crippen LogP contribution in [-0.4, -0.2) is 34.4 Å². The number of para-hydroxylation sites is 2. The van der Waals surface area contributed by atoms with Crippen molar-refractivity contribution in [2.75, 3.05) is 11.9 Å². The van der Waals surface area contributed by atoms with E-state index in [9.17, 15) is 9.59 Å². The number of anilines is 1. The molecule has 0 saturated heterocycles. The molecule has 0 aliphatic carbocycles. The Kier molecular flexibility index (Phi) is 7.52. The molecule has 0 saturated carbocycles. The smallest absolute Gasteiger partial charge is 0.340 e. The number of aromatic nitrogens is 1. The van der Waals surface area contributed by atoms with Crippen molar-refractivity contribution in [1.29, 1.82) is 0 Å². The Labute approximate surface area is 223 Å². The standard InChI is InChI=1S/C32H33N3O3/c1-4-28(31(36)34-30-21(2)11-10-12-22(30)3)38-32(37)29-24-15-8-9-16-26(24)33-27-17-18-35(20-25(27)29)19-23-13-6-5-7-14-23/h5-16,28H,4,17-20H2,1-3H3,(H,34,36). The molecule has 0 radical (unpaired) electrons. The third-order valence-electron chi connectivity index (χ3n) is 7.22. The lowest BCUT2D eigenvalue weighted by Crippen LogP contribution is -2.35. The van der Waals surface area contributed by atoms with E-state index in [0.29, 0.717) is 18.5 Å². The molecule has 1 aliphatic heterocycles. The quantitative estimate of drug-likeness (QED) is 0.312. The first kappa shape index (κ1) is 25.6. The molecule has 1 unspecified atom stereocenters. The summed E-state index contributed by atoms with van der Waals surface area (Å²) in [5, 5.41) is 3.74. The van der Waals surface area contributed by atoms with Gasteiger partial charge in [0.1, 0.15) is 0 Å². The summed E-state index contributed by atoms with van der Waals surface area (Å²) in [5.74, 6) is -0.805. The lowest BCUT2D eigenvalue weighted by Gasteiger charge is -2.30. The average molecular weight is 508 g/mol. The molecular formula is C32H33N3O3. The molecule has 6 nitrogen and oxygen atoms in total. The largest absolute Gasteiger partial charge is 0.449 e. The molecule has 1 atom stereocenters. The van der Waals surface area contributed by atoms with E-state index in [1.54, 1.807) is 0 Å². The minimum atomic E-state index is -0.909. The zero-order valence-corrected chi connectivity index (χ0v) is 22.2. The van der Waals surface area contributed by atoms with Gasteiger partial charge in [0.15, 0.2) is 6.10 Å². The van der Waals surface area contributed by atoms with Crippen LogP contribution >= 0.6 is 0 Å². The summed E-state index contributed by atoms with van der Waals surface area (Å²) in [5.41, 5.74) is 7.01. The Morgan fingerprint density at radius 2 is 1.68 bits per heavy atom. The first-order chi connectivity index (χ1) is 18.4. The number of amides is 1. The molecule has 38 heavy (non-hydrogen) atoms. The van der Waals surface area contributed by atoms with Crippen LogP contribution in [0.2, 0.25) is 0 Å². The Balaban J connectivity index is 1.44. The molecular weight excluding hydrogens is 474 g/mol. The molecule has 194 valence electrons. The van der Waals surface area contributed by atoms with Crippen LogP contribution in [0.5, 0.6) is 0 Å². The molecule has 6 heteroatoms. The van der Waals surface area contributed by atoms with Crippen LogP contribution in [0.4, 0.5) is 5.69 Å². The second-order valence-electron chi connectivity index (χ2n) is 9.93. The van der Waals surface area contributed by atoms with E-state index in [0.717, 1.165) is 58.5 Å². The Bertz CT molecular complexity index is 1460. The average Bonchev–Trinajstić information content (AvgIpc) is 2.93. The number of ether oxygens (including phenoxy) is 1. The van der Waals surface area contributed by atoms with Gasteiger partial charge in [-0.2, -0.15) is 0 Å². The molecule has 1 amide bonds. The number of esters is 1. The van der Waals surface area contributed by atoms with Crippen LogP contribution < -0.4 is 5.32 Å². The van der Waals surface area contributed by atoms with Gasteiger partial charge in [0.2, 0.25) is 0 Å². The second-order valence-corrected chi connectivity index (χ2v) is 9.93. The summed E-state index contributed by atoms with van der Waals surface area (Å²) < 4.78 is 5.93. The predicted molar refractivity (Wildman–Crippen MR) is 150 cm³/mol. The highest BCUT2D eigenvalue weighted by Crippen LogP contribution is 2.30. The highest BCUT2D eigenvalue weighted by molar-refractivity contribution is 6.06. The summed E-state index contributed by atoms with van der Waals surface area (Å²) in [4.78, 5) is 34.2. The van der Waals surface area contributed by atoms with Crippen molar-refractivity contribution < 1.29 is 14.3 Å². The number of carbonyl (C=O) groups is 2. The van der Waals surface area contributed by atoms with Crippen molar-refractivity contribution in [1.82, 2.24) is 9.88 Å². The van der Waals surface area contributed by atoms with Crippen LogP contribution in [0.25, 0.3) is 10.9 Å². The molecule has 2 heterocycles. The second kappa shape index (κ2) is 11.2. The minimum Gasteiger partial charge on any atom is -0.449 e. The van der Waals surface area contributed by atoms with Gasteiger partial charge in [-0.3, -0.25) is 14.7 Å². The summed E-state index contributed by atoms with van der Waals surface area (Å²) in [7, 11) is 0. The number of benzene rings is 3. The van der Waals surface area contributed by atoms with Crippen LogP contribution in [0.15, 0.2) is 72.8 Å². The Morgan fingerprint density at radius 1 is 0.974 bits per heavy atom. The lowest BCUT2D eigenvalue weighted by atomic mass is 9.95. The summed E-state index contributed by atoms with van der Waals surface area (Å²) >= 11 is 0. The molecule has 4 aromatic rings. The number of rotatable bonds is 7. The fraction of sp³-hybridized carbons (Fsp3) is 0.281. The van der Waals surface area contributed by atoms with Gasteiger partial charge in [-0.05, 0) is 43.0 Å². The number of aryl methyl sites for hydroxylation is 2. The van der Waals surface area contributed by atoms with Crippen molar-refractivity contribution >= 4 is 28.5 Å². The first-order valence-corrected chi connectivity index (χ1v) is 13.2. The van der Waals surface area contributed by atoms with Crippen LogP contribution in [-0.2, 0) is 29.0 Å². The molecule has 0 bridgehead atoms. The SMILES string of the molecule is CCC(OC(=O)c1c2c(nc3ccccc13)CCN(Cc1ccccc1)C2)C(=O)Nc1c(C)cccc1C. The molecule has 0 spiro atoms. The van der Waals surface area contributed by atoms with Crippen LogP contribution in [0, 0.1) is 13.8 Å². The van der Waals surface area contributed by atoms with E-state index in [1.165, 1.54) is 5.56 Å². The van der Waals surface area contributed by atoms with E-state index in [4.69, 9.17) is 9.72 Å². The number of hydrogen-bond acceptors (Lipinski definition) is 5. The zero-order valence-electron chi connectivity index (χ0n) is 22.2. The Hall–Kier alpha value is -4.03. The topological polar surface area (TPSA) is 71.5 Å². The zero-order chi connectivity index (χ0) is 26.6. The highest BCUT2D eigenvalue weighted by Gasteiger charge is 2.30. The van der Waals surface area contributed by atoms with Gasteiger partial charge in [-0.15, -0.1) is 0 Å². The van der Waals surface area contributed by atoms with E-state index in [1.807, 2.05) is 81.4 Å². The fourth-order valence-corrected chi connectivity index (χ4v) is 5.18. The molecule has 0 fully saturated rings. The van der Waals surface area contributed by atoms with Gasteiger partial charge in [-0.1, -0.05) is 73.7 Å². The van der Waals surface area contributed by atoms with Crippen molar-refractivity contribution in [3.63, 3.8) is 0 Å². The number of fused-ring (bicyclic) bond motifs is 2. The van der Waals surface area contributed by atoms with E-state index >= 15 is 0 Å². The number of carbonyl (C=O) groups excluding carboxylic acids is 2. The van der Waals surface area contributed by atoms with Crippen molar-refractivity contribution in [3.05, 3.63) is 106 Å². The third kappa shape index (κ3) is 5.31. The normalized spacial score (nSPS) is 14.1.